The molecule has 0 aliphatic rings. The van der Waals surface area contributed by atoms with E-state index < -0.39 is 0 Å². The van der Waals surface area contributed by atoms with Gasteiger partial charge in [0.1, 0.15) is 0 Å². The van der Waals surface area contributed by atoms with E-state index in [1.165, 1.54) is 25.7 Å². The zero-order valence-corrected chi connectivity index (χ0v) is 11.6. The Hall–Kier alpha value is -0.570. The first kappa shape index (κ1) is 16.4. The van der Waals surface area contributed by atoms with Crippen molar-refractivity contribution in [3.8, 4) is 0 Å². The summed E-state index contributed by atoms with van der Waals surface area (Å²) in [5.74, 6) is 0.199. The van der Waals surface area contributed by atoms with Crippen LogP contribution in [0.25, 0.3) is 0 Å². The Labute approximate surface area is 107 Å². The van der Waals surface area contributed by atoms with Gasteiger partial charge in [-0.3, -0.25) is 4.79 Å². The number of nitrogens with one attached hydrogen (secondary N) is 1. The molecule has 0 fully saturated rings. The van der Waals surface area contributed by atoms with Gasteiger partial charge in [0.2, 0.25) is 5.91 Å². The van der Waals surface area contributed by atoms with Crippen molar-refractivity contribution < 1.29 is 4.79 Å². The van der Waals surface area contributed by atoms with E-state index in [1.54, 1.807) is 0 Å². The summed E-state index contributed by atoms with van der Waals surface area (Å²) in [6.45, 7) is 5.05. The molecule has 1 atom stereocenters. The van der Waals surface area contributed by atoms with Crippen molar-refractivity contribution in [2.75, 3.05) is 6.54 Å². The predicted octanol–water partition coefficient (Wildman–Crippen LogP) is 2.98. The van der Waals surface area contributed by atoms with Gasteiger partial charge in [0, 0.05) is 12.5 Å². The van der Waals surface area contributed by atoms with Gasteiger partial charge in [0.25, 0.3) is 0 Å². The molecule has 0 aromatic carbocycles. The van der Waals surface area contributed by atoms with Gasteiger partial charge in [0.15, 0.2) is 0 Å². The lowest BCUT2D eigenvalue weighted by Gasteiger charge is -2.13. The Morgan fingerprint density at radius 3 is 2.47 bits per heavy atom. The van der Waals surface area contributed by atoms with Crippen LogP contribution >= 0.6 is 0 Å². The maximum absolute atomic E-state index is 11.6. The number of unbranched alkanes of at least 4 members (excludes halogenated alkanes) is 5. The topological polar surface area (TPSA) is 55.1 Å². The highest BCUT2D eigenvalue weighted by Crippen LogP contribution is 2.06. The second-order valence-corrected chi connectivity index (χ2v) is 4.92. The molecule has 0 aliphatic heterocycles. The smallest absolute Gasteiger partial charge is 0.220 e. The SMILES string of the molecule is CCCCCCC(C)NC(=O)CCCCCN. The number of amides is 1. The number of hydrogen-bond acceptors (Lipinski definition) is 2. The molecule has 0 aliphatic carbocycles. The zero-order chi connectivity index (χ0) is 12.9. The third-order valence-corrected chi connectivity index (χ3v) is 3.01. The Bertz CT molecular complexity index is 183. The van der Waals surface area contributed by atoms with Crippen molar-refractivity contribution >= 4 is 5.91 Å². The van der Waals surface area contributed by atoms with Crippen molar-refractivity contribution in [1.29, 1.82) is 0 Å². The van der Waals surface area contributed by atoms with Gasteiger partial charge in [-0.2, -0.15) is 0 Å². The van der Waals surface area contributed by atoms with E-state index in [4.69, 9.17) is 5.73 Å². The number of nitrogens with two attached hydrogens (primary N) is 1. The molecule has 1 unspecified atom stereocenters. The monoisotopic (exact) mass is 242 g/mol. The van der Waals surface area contributed by atoms with Crippen molar-refractivity contribution in [2.45, 2.75) is 77.7 Å². The Morgan fingerprint density at radius 2 is 1.82 bits per heavy atom. The first-order valence-electron chi connectivity index (χ1n) is 7.20. The Morgan fingerprint density at radius 1 is 1.12 bits per heavy atom. The van der Waals surface area contributed by atoms with Gasteiger partial charge < -0.3 is 11.1 Å². The van der Waals surface area contributed by atoms with E-state index in [0.717, 1.165) is 32.2 Å². The van der Waals surface area contributed by atoms with Crippen LogP contribution in [0.4, 0.5) is 0 Å². The molecule has 0 aromatic rings. The lowest BCUT2D eigenvalue weighted by Crippen LogP contribution is -2.32. The number of rotatable bonds is 11. The van der Waals surface area contributed by atoms with Gasteiger partial charge in [-0.25, -0.2) is 0 Å². The van der Waals surface area contributed by atoms with E-state index in [1.807, 2.05) is 0 Å². The lowest BCUT2D eigenvalue weighted by atomic mass is 10.1. The standard InChI is InChI=1S/C14H30N2O/c1-3-4-5-7-10-13(2)16-14(17)11-8-6-9-12-15/h13H,3-12,15H2,1-2H3,(H,16,17). The molecule has 0 saturated carbocycles. The molecule has 0 aromatic heterocycles. The summed E-state index contributed by atoms with van der Waals surface area (Å²) in [7, 11) is 0. The lowest BCUT2D eigenvalue weighted by molar-refractivity contribution is -0.121. The summed E-state index contributed by atoms with van der Waals surface area (Å²) in [5.41, 5.74) is 5.41. The second kappa shape index (κ2) is 11.9. The summed E-state index contributed by atoms with van der Waals surface area (Å²) >= 11 is 0. The first-order valence-corrected chi connectivity index (χ1v) is 7.20. The van der Waals surface area contributed by atoms with E-state index in [9.17, 15) is 4.79 Å². The van der Waals surface area contributed by atoms with E-state index in [0.29, 0.717) is 12.5 Å². The fraction of sp³-hybridized carbons (Fsp3) is 0.929. The minimum Gasteiger partial charge on any atom is -0.354 e. The van der Waals surface area contributed by atoms with Gasteiger partial charge in [-0.05, 0) is 32.7 Å². The predicted molar refractivity (Wildman–Crippen MR) is 73.9 cm³/mol. The van der Waals surface area contributed by atoms with Gasteiger partial charge in [0.05, 0.1) is 0 Å². The molecule has 0 rings (SSSR count). The molecule has 0 heterocycles. The van der Waals surface area contributed by atoms with Crippen LogP contribution < -0.4 is 11.1 Å². The summed E-state index contributed by atoms with van der Waals surface area (Å²) in [4.78, 5) is 11.6. The normalized spacial score (nSPS) is 12.4. The minimum absolute atomic E-state index is 0.199. The quantitative estimate of drug-likeness (QED) is 0.547. The van der Waals surface area contributed by atoms with Crippen molar-refractivity contribution in [3.05, 3.63) is 0 Å². The molecular formula is C14H30N2O. The summed E-state index contributed by atoms with van der Waals surface area (Å²) < 4.78 is 0. The van der Waals surface area contributed by atoms with Crippen LogP contribution in [-0.2, 0) is 4.79 Å². The molecule has 17 heavy (non-hydrogen) atoms. The second-order valence-electron chi connectivity index (χ2n) is 4.92. The highest BCUT2D eigenvalue weighted by molar-refractivity contribution is 5.76. The van der Waals surface area contributed by atoms with Crippen LogP contribution in [0.1, 0.15) is 71.6 Å². The Balaban J connectivity index is 3.38. The molecule has 0 spiro atoms. The molecule has 102 valence electrons. The van der Waals surface area contributed by atoms with Gasteiger partial charge >= 0.3 is 0 Å². The van der Waals surface area contributed by atoms with Crippen LogP contribution in [0.2, 0.25) is 0 Å². The number of hydrogen-bond donors (Lipinski definition) is 2. The first-order chi connectivity index (χ1) is 8.20. The fourth-order valence-electron chi connectivity index (χ4n) is 1.90. The molecule has 0 bridgehead atoms. The fourth-order valence-corrected chi connectivity index (χ4v) is 1.90. The van der Waals surface area contributed by atoms with E-state index in [-0.39, 0.29) is 5.91 Å². The van der Waals surface area contributed by atoms with Crippen LogP contribution in [0.3, 0.4) is 0 Å². The average molecular weight is 242 g/mol. The van der Waals surface area contributed by atoms with Crippen LogP contribution in [0.5, 0.6) is 0 Å². The largest absolute Gasteiger partial charge is 0.354 e. The van der Waals surface area contributed by atoms with Gasteiger partial charge in [-0.1, -0.05) is 39.0 Å². The molecule has 3 N–H and O–H groups in total. The van der Waals surface area contributed by atoms with Crippen LogP contribution in [0.15, 0.2) is 0 Å². The van der Waals surface area contributed by atoms with Gasteiger partial charge in [-0.15, -0.1) is 0 Å². The molecule has 3 nitrogen and oxygen atoms in total. The van der Waals surface area contributed by atoms with E-state index in [2.05, 4.69) is 19.2 Å². The maximum Gasteiger partial charge on any atom is 0.220 e. The Kier molecular flexibility index (Phi) is 11.5. The third-order valence-electron chi connectivity index (χ3n) is 3.01. The molecule has 0 radical (unpaired) electrons. The maximum atomic E-state index is 11.6. The van der Waals surface area contributed by atoms with Crippen LogP contribution in [-0.4, -0.2) is 18.5 Å². The van der Waals surface area contributed by atoms with E-state index >= 15 is 0 Å². The molecule has 3 heteroatoms. The third kappa shape index (κ3) is 11.7. The zero-order valence-electron chi connectivity index (χ0n) is 11.6. The molecule has 0 saturated heterocycles. The summed E-state index contributed by atoms with van der Waals surface area (Å²) in [6, 6.07) is 0.328. The minimum atomic E-state index is 0.199. The highest BCUT2D eigenvalue weighted by atomic mass is 16.1. The summed E-state index contributed by atoms with van der Waals surface area (Å²) in [6.07, 6.45) is 9.89. The average Bonchev–Trinajstić information content (AvgIpc) is 2.30. The number of carbonyl (C=O) groups excluding carboxylic acids is 1. The van der Waals surface area contributed by atoms with Crippen LogP contribution in [0, 0.1) is 0 Å². The highest BCUT2D eigenvalue weighted by Gasteiger charge is 2.06. The molecule has 1 amide bonds. The van der Waals surface area contributed by atoms with Crippen molar-refractivity contribution in [3.63, 3.8) is 0 Å². The number of carbonyl (C=O) groups is 1. The molecular weight excluding hydrogens is 212 g/mol. The van der Waals surface area contributed by atoms with Crippen molar-refractivity contribution in [2.24, 2.45) is 5.73 Å². The van der Waals surface area contributed by atoms with Crippen molar-refractivity contribution in [1.82, 2.24) is 5.32 Å². The summed E-state index contributed by atoms with van der Waals surface area (Å²) in [5, 5.41) is 3.06.